The van der Waals surface area contributed by atoms with Gasteiger partial charge in [-0.3, -0.25) is 4.79 Å². The molecule has 0 atom stereocenters. The number of carbonyl (C=O) groups is 1. The van der Waals surface area contributed by atoms with Gasteiger partial charge in [-0.15, -0.1) is 0 Å². The minimum absolute atomic E-state index is 0.317. The molecule has 0 bridgehead atoms. The molecule has 0 aliphatic carbocycles. The molecular formula is C25H44O. The summed E-state index contributed by atoms with van der Waals surface area (Å²) in [5.74, 6) is 0.317. The van der Waals surface area contributed by atoms with Gasteiger partial charge in [-0.05, 0) is 65.9 Å². The second kappa shape index (κ2) is 17.3. The van der Waals surface area contributed by atoms with Gasteiger partial charge in [0.1, 0.15) is 0 Å². The van der Waals surface area contributed by atoms with E-state index in [0.717, 1.165) is 38.5 Å². The second-order valence-electron chi connectivity index (χ2n) is 8.09. The van der Waals surface area contributed by atoms with Crippen LogP contribution in [-0.4, -0.2) is 5.78 Å². The Labute approximate surface area is 164 Å². The van der Waals surface area contributed by atoms with Crippen LogP contribution >= 0.6 is 0 Å². The van der Waals surface area contributed by atoms with Crippen LogP contribution in [-0.2, 0) is 4.79 Å². The van der Waals surface area contributed by atoms with Crippen LogP contribution < -0.4 is 0 Å². The molecule has 0 radical (unpaired) electrons. The van der Waals surface area contributed by atoms with Crippen molar-refractivity contribution in [3.05, 3.63) is 34.9 Å². The normalized spacial score (nSPS) is 12.3. The van der Waals surface area contributed by atoms with Crippen LogP contribution in [0.1, 0.15) is 118 Å². The zero-order valence-corrected chi connectivity index (χ0v) is 18.3. The van der Waals surface area contributed by atoms with Gasteiger partial charge in [0.05, 0.1) is 0 Å². The van der Waals surface area contributed by atoms with Crippen molar-refractivity contribution in [3.8, 4) is 0 Å². The smallest absolute Gasteiger partial charge is 0.155 e. The highest BCUT2D eigenvalue weighted by atomic mass is 16.1. The van der Waals surface area contributed by atoms with Crippen molar-refractivity contribution in [1.29, 1.82) is 0 Å². The molecule has 0 saturated carbocycles. The SMILES string of the molecule is CCCCCCCCCCC(=O)C=C(C)CCC=C(C)CCC=C(C)C. The largest absolute Gasteiger partial charge is 0.295 e. The fraction of sp³-hybridized carbons (Fsp3) is 0.720. The van der Waals surface area contributed by atoms with Gasteiger partial charge in [-0.2, -0.15) is 0 Å². The van der Waals surface area contributed by atoms with Crippen molar-refractivity contribution >= 4 is 5.78 Å². The summed E-state index contributed by atoms with van der Waals surface area (Å²) in [7, 11) is 0. The average Bonchev–Trinajstić information content (AvgIpc) is 2.56. The molecule has 0 aromatic rings. The van der Waals surface area contributed by atoms with E-state index in [0.29, 0.717) is 5.78 Å². The zero-order chi connectivity index (χ0) is 19.6. The van der Waals surface area contributed by atoms with Gasteiger partial charge in [0, 0.05) is 6.42 Å². The Bertz CT molecular complexity index is 447. The number of hydrogen-bond donors (Lipinski definition) is 0. The molecule has 1 nitrogen and oxygen atoms in total. The maximum atomic E-state index is 12.0. The number of unbranched alkanes of at least 4 members (excludes halogenated alkanes) is 7. The standard InChI is InChI=1S/C25H44O/c1-6-7-8-9-10-11-12-13-20-25(26)21-24(5)19-15-18-23(4)17-14-16-22(2)3/h16,18,21H,6-15,17,19-20H2,1-5H3. The molecule has 1 heteroatoms. The Morgan fingerprint density at radius 3 is 1.81 bits per heavy atom. The van der Waals surface area contributed by atoms with Crippen molar-refractivity contribution in [2.75, 3.05) is 0 Å². The maximum absolute atomic E-state index is 12.0. The van der Waals surface area contributed by atoms with E-state index in [2.05, 4.69) is 46.8 Å². The lowest BCUT2D eigenvalue weighted by Crippen LogP contribution is -1.94. The van der Waals surface area contributed by atoms with E-state index in [4.69, 9.17) is 0 Å². The van der Waals surface area contributed by atoms with Crippen LogP contribution in [0.4, 0.5) is 0 Å². The number of hydrogen-bond acceptors (Lipinski definition) is 1. The summed E-state index contributed by atoms with van der Waals surface area (Å²) in [5.41, 5.74) is 4.08. The lowest BCUT2D eigenvalue weighted by Gasteiger charge is -2.02. The molecule has 0 N–H and O–H groups in total. The predicted molar refractivity (Wildman–Crippen MR) is 118 cm³/mol. The van der Waals surface area contributed by atoms with Gasteiger partial charge in [0.15, 0.2) is 5.78 Å². The first-order valence-electron chi connectivity index (χ1n) is 10.9. The lowest BCUT2D eigenvalue weighted by atomic mass is 10.0. The molecule has 0 saturated heterocycles. The van der Waals surface area contributed by atoms with Crippen LogP contribution in [0.25, 0.3) is 0 Å². The van der Waals surface area contributed by atoms with Gasteiger partial charge >= 0.3 is 0 Å². The molecule has 0 aliphatic rings. The first kappa shape index (κ1) is 24.9. The molecular weight excluding hydrogens is 316 g/mol. The summed E-state index contributed by atoms with van der Waals surface area (Å²) in [6.07, 6.45) is 21.9. The third-order valence-corrected chi connectivity index (χ3v) is 4.81. The Hall–Kier alpha value is -1.11. The second-order valence-corrected chi connectivity index (χ2v) is 8.09. The summed E-state index contributed by atoms with van der Waals surface area (Å²) < 4.78 is 0. The van der Waals surface area contributed by atoms with Crippen LogP contribution in [0.3, 0.4) is 0 Å². The predicted octanol–water partition coefficient (Wildman–Crippen LogP) is 8.51. The van der Waals surface area contributed by atoms with Crippen molar-refractivity contribution in [2.24, 2.45) is 0 Å². The maximum Gasteiger partial charge on any atom is 0.155 e. The van der Waals surface area contributed by atoms with E-state index in [9.17, 15) is 4.79 Å². The van der Waals surface area contributed by atoms with Crippen LogP contribution in [0.5, 0.6) is 0 Å². The van der Waals surface area contributed by atoms with Crippen LogP contribution in [0.2, 0.25) is 0 Å². The molecule has 26 heavy (non-hydrogen) atoms. The van der Waals surface area contributed by atoms with Crippen LogP contribution in [0, 0.1) is 0 Å². The minimum atomic E-state index is 0.317. The van der Waals surface area contributed by atoms with Gasteiger partial charge in [0.25, 0.3) is 0 Å². The van der Waals surface area contributed by atoms with Crippen molar-refractivity contribution < 1.29 is 4.79 Å². The van der Waals surface area contributed by atoms with Crippen LogP contribution in [0.15, 0.2) is 34.9 Å². The quantitative estimate of drug-likeness (QED) is 0.153. The molecule has 0 fully saturated rings. The van der Waals surface area contributed by atoms with E-state index < -0.39 is 0 Å². The topological polar surface area (TPSA) is 17.1 Å². The summed E-state index contributed by atoms with van der Waals surface area (Å²) >= 11 is 0. The van der Waals surface area contributed by atoms with Gasteiger partial charge in [-0.1, -0.05) is 80.7 Å². The fourth-order valence-electron chi connectivity index (χ4n) is 3.09. The highest BCUT2D eigenvalue weighted by Crippen LogP contribution is 2.13. The fourth-order valence-corrected chi connectivity index (χ4v) is 3.09. The molecule has 0 aromatic heterocycles. The number of allylic oxidation sites excluding steroid dienone is 6. The molecule has 0 rings (SSSR count). The van der Waals surface area contributed by atoms with Crippen molar-refractivity contribution in [1.82, 2.24) is 0 Å². The third-order valence-electron chi connectivity index (χ3n) is 4.81. The first-order valence-corrected chi connectivity index (χ1v) is 10.9. The Balaban J connectivity index is 3.80. The highest BCUT2D eigenvalue weighted by Gasteiger charge is 2.00. The van der Waals surface area contributed by atoms with Gasteiger partial charge in [0.2, 0.25) is 0 Å². The van der Waals surface area contributed by atoms with E-state index in [-0.39, 0.29) is 0 Å². The molecule has 0 heterocycles. The van der Waals surface area contributed by atoms with E-state index >= 15 is 0 Å². The van der Waals surface area contributed by atoms with Crippen molar-refractivity contribution in [2.45, 2.75) is 118 Å². The van der Waals surface area contributed by atoms with E-state index in [1.807, 2.05) is 6.08 Å². The Kier molecular flexibility index (Phi) is 16.6. The van der Waals surface area contributed by atoms with Gasteiger partial charge < -0.3 is 0 Å². The van der Waals surface area contributed by atoms with Gasteiger partial charge in [-0.25, -0.2) is 0 Å². The minimum Gasteiger partial charge on any atom is -0.295 e. The van der Waals surface area contributed by atoms with E-state index in [1.54, 1.807) is 0 Å². The Morgan fingerprint density at radius 2 is 1.19 bits per heavy atom. The zero-order valence-electron chi connectivity index (χ0n) is 18.3. The number of rotatable bonds is 16. The molecule has 0 spiro atoms. The third kappa shape index (κ3) is 17.7. The summed E-state index contributed by atoms with van der Waals surface area (Å²) in [4.78, 5) is 12.0. The van der Waals surface area contributed by atoms with Crippen molar-refractivity contribution in [3.63, 3.8) is 0 Å². The monoisotopic (exact) mass is 360 g/mol. The molecule has 150 valence electrons. The molecule has 0 aromatic carbocycles. The summed E-state index contributed by atoms with van der Waals surface area (Å²) in [5, 5.41) is 0. The molecule has 0 unspecified atom stereocenters. The Morgan fingerprint density at radius 1 is 0.654 bits per heavy atom. The average molecular weight is 361 g/mol. The highest BCUT2D eigenvalue weighted by molar-refractivity contribution is 5.90. The number of ketones is 1. The molecule has 0 amide bonds. The summed E-state index contributed by atoms with van der Waals surface area (Å²) in [6.45, 7) is 10.9. The van der Waals surface area contributed by atoms with E-state index in [1.165, 1.54) is 61.7 Å². The number of carbonyl (C=O) groups excluding carboxylic acids is 1. The molecule has 0 aliphatic heterocycles. The lowest BCUT2D eigenvalue weighted by molar-refractivity contribution is -0.114. The summed E-state index contributed by atoms with van der Waals surface area (Å²) in [6, 6.07) is 0. The first-order chi connectivity index (χ1) is 12.5.